The Bertz CT molecular complexity index is 1610. The zero-order valence-corrected chi connectivity index (χ0v) is 31.3. The summed E-state index contributed by atoms with van der Waals surface area (Å²) in [5, 5.41) is 0. The third-order valence-corrected chi connectivity index (χ3v) is 9.17. The van der Waals surface area contributed by atoms with Crippen LogP contribution in [0.15, 0.2) is 103 Å². The van der Waals surface area contributed by atoms with Crippen molar-refractivity contribution in [2.45, 2.75) is 77.5 Å². The minimum absolute atomic E-state index is 0.150. The number of rotatable bonds is 19. The van der Waals surface area contributed by atoms with Crippen LogP contribution in [-0.4, -0.2) is 70.9 Å². The lowest BCUT2D eigenvalue weighted by atomic mass is 9.75. The van der Waals surface area contributed by atoms with Crippen LogP contribution >= 0.6 is 0 Å². The third kappa shape index (κ3) is 10.8. The summed E-state index contributed by atoms with van der Waals surface area (Å²) in [5.74, 6) is -1.33. The van der Waals surface area contributed by atoms with Crippen LogP contribution < -0.4 is 9.47 Å². The van der Waals surface area contributed by atoms with E-state index in [1.807, 2.05) is 112 Å². The summed E-state index contributed by atoms with van der Waals surface area (Å²) in [6.45, 7) is 7.06. The number of Topliss-reactive ketones (excluding diaryl/α,β-unsaturated/α-hetero) is 1. The highest BCUT2D eigenvalue weighted by Crippen LogP contribution is 2.45. The molecule has 0 unspecified atom stereocenters. The predicted molar refractivity (Wildman–Crippen MR) is 197 cm³/mol. The van der Waals surface area contributed by atoms with E-state index in [2.05, 4.69) is 0 Å². The largest absolute Gasteiger partial charge is 0.497 e. The smallest absolute Gasteiger partial charge is 0.330 e. The van der Waals surface area contributed by atoms with Gasteiger partial charge in [-0.05, 0) is 47.9 Å². The second-order valence-corrected chi connectivity index (χ2v) is 13.2. The molecule has 1 aliphatic heterocycles. The monoisotopic (exact) mass is 716 g/mol. The molecule has 0 bridgehead atoms. The molecular weight excluding hydrogens is 664 g/mol. The van der Waals surface area contributed by atoms with Gasteiger partial charge >= 0.3 is 5.97 Å². The molecule has 0 amide bonds. The van der Waals surface area contributed by atoms with Gasteiger partial charge < -0.3 is 37.9 Å². The van der Waals surface area contributed by atoms with Gasteiger partial charge in [0.1, 0.15) is 11.5 Å². The number of hydrogen-bond donors (Lipinski definition) is 0. The summed E-state index contributed by atoms with van der Waals surface area (Å²) in [6.07, 6.45) is 4.01. The number of ether oxygens (including phenoxy) is 8. The van der Waals surface area contributed by atoms with Crippen LogP contribution in [0.1, 0.15) is 50.3 Å². The Morgan fingerprint density at radius 2 is 1.42 bits per heavy atom. The highest BCUT2D eigenvalue weighted by Gasteiger charge is 2.57. The molecule has 4 rings (SSSR count). The molecule has 280 valence electrons. The maximum Gasteiger partial charge on any atom is 0.330 e. The Kier molecular flexibility index (Phi) is 15.2. The van der Waals surface area contributed by atoms with E-state index in [4.69, 9.17) is 37.9 Å². The van der Waals surface area contributed by atoms with Crippen molar-refractivity contribution >= 4 is 11.8 Å². The summed E-state index contributed by atoms with van der Waals surface area (Å²) in [5.41, 5.74) is 2.24. The molecule has 3 aromatic carbocycles. The van der Waals surface area contributed by atoms with Gasteiger partial charge in [-0.2, -0.15) is 0 Å². The van der Waals surface area contributed by atoms with Gasteiger partial charge in [-0.3, -0.25) is 4.79 Å². The second-order valence-electron chi connectivity index (χ2n) is 13.2. The van der Waals surface area contributed by atoms with Crippen molar-refractivity contribution in [3.05, 3.63) is 119 Å². The van der Waals surface area contributed by atoms with Gasteiger partial charge in [0.15, 0.2) is 0 Å². The fourth-order valence-electron chi connectivity index (χ4n) is 6.09. The molecule has 1 saturated heterocycles. The Labute approximate surface area is 307 Å². The molecule has 4 atom stereocenters. The summed E-state index contributed by atoms with van der Waals surface area (Å²) >= 11 is 0. The van der Waals surface area contributed by atoms with Crippen LogP contribution in [0.4, 0.5) is 0 Å². The van der Waals surface area contributed by atoms with Gasteiger partial charge in [-0.15, -0.1) is 0 Å². The van der Waals surface area contributed by atoms with Crippen molar-refractivity contribution in [1.29, 1.82) is 0 Å². The lowest BCUT2D eigenvalue weighted by Crippen LogP contribution is -2.60. The molecular formula is C42H52O10. The highest BCUT2D eigenvalue weighted by molar-refractivity contribution is 6.06. The number of methoxy groups -OCH3 is 4. The van der Waals surface area contributed by atoms with Crippen LogP contribution in [-0.2, 0) is 57.8 Å². The number of hydrogen-bond acceptors (Lipinski definition) is 10. The van der Waals surface area contributed by atoms with Crippen molar-refractivity contribution in [1.82, 2.24) is 0 Å². The number of carbonyl (C=O) groups excluding carboxylic acids is 2. The van der Waals surface area contributed by atoms with Gasteiger partial charge in [0.25, 0.3) is 0 Å². The molecule has 0 saturated carbocycles. The Morgan fingerprint density at radius 1 is 0.846 bits per heavy atom. The average Bonchev–Trinajstić information content (AvgIpc) is 3.17. The molecule has 0 radical (unpaired) electrons. The van der Waals surface area contributed by atoms with E-state index in [9.17, 15) is 9.59 Å². The van der Waals surface area contributed by atoms with E-state index in [0.29, 0.717) is 26.2 Å². The molecule has 10 nitrogen and oxygen atoms in total. The normalized spacial score (nSPS) is 19.8. The third-order valence-electron chi connectivity index (χ3n) is 9.17. The topological polar surface area (TPSA) is 108 Å². The van der Waals surface area contributed by atoms with E-state index >= 15 is 0 Å². The minimum Gasteiger partial charge on any atom is -0.497 e. The number of benzene rings is 3. The Balaban J connectivity index is 1.56. The van der Waals surface area contributed by atoms with Gasteiger partial charge in [0, 0.05) is 37.0 Å². The average molecular weight is 717 g/mol. The lowest BCUT2D eigenvalue weighted by Gasteiger charge is -2.48. The molecule has 0 aliphatic carbocycles. The summed E-state index contributed by atoms with van der Waals surface area (Å²) in [6, 6.07) is 25.2. The standard InChI is InChI=1S/C42H52O10/c1-30(50-28-31-12-9-8-10-13-31)38(51-29-33-16-20-36(46-5)21-17-33)26-37-24-34(25-39(43)47-6)40(44)42(48-7,52-37)41(2,3)22-11-23-49-27-32-14-18-35(45-4)19-15-32/h8-22,25,30,37-38H,23-24,26-29H2,1-7H3/t30-,37+,38-,42-/m1/s1. The van der Waals surface area contributed by atoms with Crippen molar-refractivity contribution in [3.63, 3.8) is 0 Å². The van der Waals surface area contributed by atoms with Crippen molar-refractivity contribution in [2.75, 3.05) is 35.0 Å². The van der Waals surface area contributed by atoms with Gasteiger partial charge in [-0.25, -0.2) is 4.79 Å². The van der Waals surface area contributed by atoms with Gasteiger partial charge in [-0.1, -0.05) is 80.6 Å². The zero-order valence-electron chi connectivity index (χ0n) is 31.3. The SMILES string of the molecule is COC(=O)C=C1C[C@@H](C[C@@H](OCc2ccc(OC)cc2)[C@@H](C)OCc2ccccc2)O[C@@](OC)(C(C)(C)C=CCOCc2ccc(OC)cc2)C1=O. The van der Waals surface area contributed by atoms with Crippen LogP contribution in [0.3, 0.4) is 0 Å². The van der Waals surface area contributed by atoms with Crippen LogP contribution in [0.5, 0.6) is 11.5 Å². The maximum atomic E-state index is 14.2. The fraction of sp³-hybridized carbons (Fsp3) is 0.429. The second kappa shape index (κ2) is 19.5. The first-order valence-corrected chi connectivity index (χ1v) is 17.4. The summed E-state index contributed by atoms with van der Waals surface area (Å²) in [7, 11) is 5.97. The van der Waals surface area contributed by atoms with E-state index < -0.39 is 35.2 Å². The Morgan fingerprint density at radius 3 is 2.00 bits per heavy atom. The van der Waals surface area contributed by atoms with Crippen LogP contribution in [0.2, 0.25) is 0 Å². The highest BCUT2D eigenvalue weighted by atomic mass is 16.7. The summed E-state index contributed by atoms with van der Waals surface area (Å²) < 4.78 is 46.9. The molecule has 0 aromatic heterocycles. The summed E-state index contributed by atoms with van der Waals surface area (Å²) in [4.78, 5) is 26.7. The zero-order chi connectivity index (χ0) is 37.6. The maximum absolute atomic E-state index is 14.2. The molecule has 1 heterocycles. The van der Waals surface area contributed by atoms with Crippen molar-refractivity contribution in [3.8, 4) is 11.5 Å². The fourth-order valence-corrected chi connectivity index (χ4v) is 6.09. The molecule has 0 spiro atoms. The number of esters is 1. The van der Waals surface area contributed by atoms with E-state index in [-0.39, 0.29) is 24.7 Å². The number of ketones is 1. The van der Waals surface area contributed by atoms with Crippen molar-refractivity contribution < 1.29 is 47.5 Å². The molecule has 1 aliphatic rings. The first-order valence-electron chi connectivity index (χ1n) is 17.4. The van der Waals surface area contributed by atoms with Crippen LogP contribution in [0, 0.1) is 5.41 Å². The molecule has 10 heteroatoms. The Hall–Kier alpha value is -4.32. The van der Waals surface area contributed by atoms with E-state index in [1.54, 1.807) is 14.2 Å². The molecule has 1 fully saturated rings. The molecule has 0 N–H and O–H groups in total. The number of carbonyl (C=O) groups is 2. The van der Waals surface area contributed by atoms with Crippen LogP contribution in [0.25, 0.3) is 0 Å². The predicted octanol–water partition coefficient (Wildman–Crippen LogP) is 7.18. The first-order chi connectivity index (χ1) is 25.0. The van der Waals surface area contributed by atoms with E-state index in [0.717, 1.165) is 28.2 Å². The molecule has 3 aromatic rings. The van der Waals surface area contributed by atoms with Gasteiger partial charge in [0.2, 0.25) is 11.6 Å². The van der Waals surface area contributed by atoms with Crippen molar-refractivity contribution in [2.24, 2.45) is 5.41 Å². The van der Waals surface area contributed by atoms with E-state index in [1.165, 1.54) is 20.3 Å². The van der Waals surface area contributed by atoms with Gasteiger partial charge in [0.05, 0.1) is 66.1 Å². The first kappa shape index (κ1) is 40.5. The minimum atomic E-state index is -1.77. The lowest BCUT2D eigenvalue weighted by molar-refractivity contribution is -0.280. The molecule has 52 heavy (non-hydrogen) atoms. The quantitative estimate of drug-likeness (QED) is 0.0548.